The molecule has 35 heavy (non-hydrogen) atoms. The third-order valence-electron chi connectivity index (χ3n) is 6.93. The van der Waals surface area contributed by atoms with E-state index in [1.165, 1.54) is 64.2 Å². The van der Waals surface area contributed by atoms with Gasteiger partial charge in [0.05, 0.1) is 23.7 Å². The van der Waals surface area contributed by atoms with E-state index in [9.17, 15) is 4.79 Å². The fraction of sp³-hybridized carbons (Fsp3) is 0.500. The summed E-state index contributed by atoms with van der Waals surface area (Å²) >= 11 is 1.57. The molecular weight excluding hydrogens is 458 g/mol. The van der Waals surface area contributed by atoms with Crippen LogP contribution in [0.5, 0.6) is 5.75 Å². The molecule has 0 saturated heterocycles. The predicted octanol–water partition coefficient (Wildman–Crippen LogP) is 6.80. The van der Waals surface area contributed by atoms with Crippen LogP contribution in [0.2, 0.25) is 0 Å². The second-order valence-electron chi connectivity index (χ2n) is 9.55. The molecule has 0 aliphatic heterocycles. The molecule has 0 atom stereocenters. The van der Waals surface area contributed by atoms with Gasteiger partial charge in [-0.25, -0.2) is 9.78 Å². The SMILES string of the molecule is C1CCC(NC2CCCCC2)CC1.COc1ccc2nc(SCc3ccc(C(=O)O)cc3)[nH]c2c1. The lowest BCUT2D eigenvalue weighted by Gasteiger charge is -2.30. The van der Waals surface area contributed by atoms with Crippen LogP contribution in [0.15, 0.2) is 47.6 Å². The molecule has 2 aromatic carbocycles. The molecule has 0 radical (unpaired) electrons. The van der Waals surface area contributed by atoms with Crippen LogP contribution in [0.1, 0.15) is 80.1 Å². The first-order chi connectivity index (χ1) is 17.1. The number of nitrogens with zero attached hydrogens (tertiary/aromatic N) is 1. The van der Waals surface area contributed by atoms with Gasteiger partial charge >= 0.3 is 5.97 Å². The Hall–Kier alpha value is -2.51. The highest BCUT2D eigenvalue weighted by atomic mass is 32.2. The van der Waals surface area contributed by atoms with E-state index in [0.29, 0.717) is 5.56 Å². The maximum absolute atomic E-state index is 10.8. The van der Waals surface area contributed by atoms with Crippen molar-refractivity contribution in [3.05, 3.63) is 53.6 Å². The molecule has 1 heterocycles. The largest absolute Gasteiger partial charge is 0.497 e. The number of H-pyrrole nitrogens is 1. The van der Waals surface area contributed by atoms with E-state index < -0.39 is 5.97 Å². The van der Waals surface area contributed by atoms with Gasteiger partial charge in [-0.05, 0) is 55.5 Å². The molecule has 2 aliphatic carbocycles. The van der Waals surface area contributed by atoms with Crippen molar-refractivity contribution in [2.75, 3.05) is 7.11 Å². The number of ether oxygens (including phenoxy) is 1. The maximum atomic E-state index is 10.8. The normalized spacial score (nSPS) is 17.1. The zero-order valence-corrected chi connectivity index (χ0v) is 21.4. The number of imidazole rings is 1. The van der Waals surface area contributed by atoms with Crippen molar-refractivity contribution in [3.63, 3.8) is 0 Å². The van der Waals surface area contributed by atoms with E-state index in [2.05, 4.69) is 15.3 Å². The van der Waals surface area contributed by atoms with Crippen LogP contribution >= 0.6 is 11.8 Å². The molecule has 0 amide bonds. The number of aromatic nitrogens is 2. The zero-order chi connectivity index (χ0) is 24.5. The Bertz CT molecular complexity index is 1050. The number of thioether (sulfide) groups is 1. The van der Waals surface area contributed by atoms with Crippen LogP contribution in [0.4, 0.5) is 0 Å². The van der Waals surface area contributed by atoms with Crippen LogP contribution < -0.4 is 10.1 Å². The second-order valence-corrected chi connectivity index (χ2v) is 10.5. The van der Waals surface area contributed by atoms with E-state index in [4.69, 9.17) is 9.84 Å². The average molecular weight is 496 g/mol. The molecule has 2 aliphatic rings. The van der Waals surface area contributed by atoms with Crippen LogP contribution in [0, 0.1) is 0 Å². The summed E-state index contributed by atoms with van der Waals surface area (Å²) in [5, 5.41) is 13.6. The number of hydrogen-bond donors (Lipinski definition) is 3. The molecule has 2 saturated carbocycles. The van der Waals surface area contributed by atoms with Gasteiger partial charge in [-0.3, -0.25) is 0 Å². The summed E-state index contributed by atoms with van der Waals surface area (Å²) in [6, 6.07) is 14.3. The standard InChI is InChI=1S/C16H14N2O3S.C12H23N/c1-21-12-6-7-13-14(8-12)18-16(17-13)22-9-10-2-4-11(5-3-10)15(19)20;1-3-7-11(8-4-1)13-12-9-5-2-6-10-12/h2-8H,9H2,1H3,(H,17,18)(H,19,20);11-13H,1-10H2. The highest BCUT2D eigenvalue weighted by molar-refractivity contribution is 7.98. The van der Waals surface area contributed by atoms with E-state index in [0.717, 1.165) is 45.3 Å². The molecule has 6 nitrogen and oxygen atoms in total. The molecule has 7 heteroatoms. The predicted molar refractivity (Wildman–Crippen MR) is 142 cm³/mol. The monoisotopic (exact) mass is 495 g/mol. The Morgan fingerprint density at radius 1 is 1.00 bits per heavy atom. The number of rotatable bonds is 7. The Morgan fingerprint density at radius 3 is 2.20 bits per heavy atom. The molecule has 1 aromatic heterocycles. The summed E-state index contributed by atoms with van der Waals surface area (Å²) in [6.07, 6.45) is 14.6. The van der Waals surface area contributed by atoms with Gasteiger partial charge in [-0.1, -0.05) is 62.4 Å². The lowest BCUT2D eigenvalue weighted by molar-refractivity contribution is 0.0697. The van der Waals surface area contributed by atoms with Crippen LogP contribution in [-0.2, 0) is 5.75 Å². The maximum Gasteiger partial charge on any atom is 0.335 e. The first kappa shape index (κ1) is 25.6. The van der Waals surface area contributed by atoms with Crippen LogP contribution in [0.3, 0.4) is 0 Å². The highest BCUT2D eigenvalue weighted by Gasteiger charge is 2.19. The number of carboxylic acids is 1. The van der Waals surface area contributed by atoms with Crippen molar-refractivity contribution in [2.45, 2.75) is 87.2 Å². The van der Waals surface area contributed by atoms with Crippen LogP contribution in [0.25, 0.3) is 11.0 Å². The Morgan fingerprint density at radius 2 is 1.63 bits per heavy atom. The third kappa shape index (κ3) is 7.74. The van der Waals surface area contributed by atoms with E-state index in [1.54, 1.807) is 31.0 Å². The quantitative estimate of drug-likeness (QED) is 0.312. The van der Waals surface area contributed by atoms with Crippen LogP contribution in [-0.4, -0.2) is 40.2 Å². The van der Waals surface area contributed by atoms with Crippen molar-refractivity contribution in [2.24, 2.45) is 0 Å². The van der Waals surface area contributed by atoms with Crippen molar-refractivity contribution in [1.82, 2.24) is 15.3 Å². The minimum Gasteiger partial charge on any atom is -0.497 e. The summed E-state index contributed by atoms with van der Waals surface area (Å²) < 4.78 is 5.19. The number of nitrogens with one attached hydrogen (secondary N) is 2. The summed E-state index contributed by atoms with van der Waals surface area (Å²) in [6.45, 7) is 0. The molecule has 0 spiro atoms. The molecule has 3 N–H and O–H groups in total. The first-order valence-electron chi connectivity index (χ1n) is 12.9. The van der Waals surface area contributed by atoms with Crippen molar-refractivity contribution >= 4 is 28.8 Å². The average Bonchev–Trinajstić information content (AvgIpc) is 3.31. The van der Waals surface area contributed by atoms with Gasteiger partial charge in [0.2, 0.25) is 0 Å². The van der Waals surface area contributed by atoms with E-state index >= 15 is 0 Å². The summed E-state index contributed by atoms with van der Waals surface area (Å²) in [5.41, 5.74) is 3.17. The van der Waals surface area contributed by atoms with Gasteiger partial charge in [-0.15, -0.1) is 0 Å². The van der Waals surface area contributed by atoms with Gasteiger partial charge in [0, 0.05) is 23.9 Å². The molecular formula is C28H37N3O3S. The van der Waals surface area contributed by atoms with Gasteiger partial charge in [-0.2, -0.15) is 0 Å². The number of benzene rings is 2. The minimum absolute atomic E-state index is 0.296. The smallest absolute Gasteiger partial charge is 0.335 e. The fourth-order valence-electron chi connectivity index (χ4n) is 4.93. The summed E-state index contributed by atoms with van der Waals surface area (Å²) in [7, 11) is 1.63. The zero-order valence-electron chi connectivity index (χ0n) is 20.6. The molecule has 3 aromatic rings. The number of methoxy groups -OCH3 is 1. The van der Waals surface area contributed by atoms with Gasteiger partial charge in [0.15, 0.2) is 5.16 Å². The summed E-state index contributed by atoms with van der Waals surface area (Å²) in [5.74, 6) is 0.596. The van der Waals surface area contributed by atoms with E-state index in [1.807, 2.05) is 30.3 Å². The molecule has 0 bridgehead atoms. The molecule has 5 rings (SSSR count). The summed E-state index contributed by atoms with van der Waals surface area (Å²) in [4.78, 5) is 18.6. The third-order valence-corrected chi connectivity index (χ3v) is 7.87. The van der Waals surface area contributed by atoms with E-state index in [-0.39, 0.29) is 0 Å². The van der Waals surface area contributed by atoms with Crippen molar-refractivity contribution < 1.29 is 14.6 Å². The fourth-order valence-corrected chi connectivity index (χ4v) is 5.77. The van der Waals surface area contributed by atoms with Gasteiger partial charge in [0.25, 0.3) is 0 Å². The van der Waals surface area contributed by atoms with Crippen molar-refractivity contribution in [1.29, 1.82) is 0 Å². The highest BCUT2D eigenvalue weighted by Crippen LogP contribution is 2.26. The van der Waals surface area contributed by atoms with Gasteiger partial charge < -0.3 is 20.1 Å². The first-order valence-corrected chi connectivity index (χ1v) is 13.8. The topological polar surface area (TPSA) is 87.2 Å². The molecule has 2 fully saturated rings. The number of fused-ring (bicyclic) bond motifs is 1. The lowest BCUT2D eigenvalue weighted by Crippen LogP contribution is -2.40. The number of aromatic carboxylic acids is 1. The Labute approximate surface area is 212 Å². The lowest BCUT2D eigenvalue weighted by atomic mass is 9.91. The Kier molecular flexibility index (Phi) is 9.49. The minimum atomic E-state index is -0.912. The second kappa shape index (κ2) is 13.0. The number of carboxylic acid groups (broad SMARTS) is 1. The Balaban J connectivity index is 0.000000189. The number of aromatic amines is 1. The molecule has 188 valence electrons. The molecule has 0 unspecified atom stereocenters. The van der Waals surface area contributed by atoms with Gasteiger partial charge in [0.1, 0.15) is 5.75 Å². The van der Waals surface area contributed by atoms with Crippen molar-refractivity contribution in [3.8, 4) is 5.75 Å². The number of carbonyl (C=O) groups is 1. The number of hydrogen-bond acceptors (Lipinski definition) is 5.